The summed E-state index contributed by atoms with van der Waals surface area (Å²) in [6.45, 7) is 5.53. The standard InChI is InChI=1S/C21H19ClN4O3/c1-12-7-15(9-16(11-23)21(27)24-20-8-13(2)29-25-20)14(3)26(12)18-10-17(22)5-6-19(18)28-4/h5-10H,1-4H3,(H,24,25,27)/b16-9-. The van der Waals surface area contributed by atoms with Crippen LogP contribution in [0.15, 0.2) is 40.4 Å². The quantitative estimate of drug-likeness (QED) is 0.490. The number of carbonyl (C=O) groups is 1. The molecule has 0 bridgehead atoms. The molecule has 0 radical (unpaired) electrons. The topological polar surface area (TPSA) is 93.1 Å². The first-order valence-corrected chi connectivity index (χ1v) is 9.11. The van der Waals surface area contributed by atoms with Gasteiger partial charge in [0.1, 0.15) is 23.2 Å². The van der Waals surface area contributed by atoms with E-state index in [1.807, 2.05) is 30.6 Å². The van der Waals surface area contributed by atoms with E-state index in [0.717, 1.165) is 22.6 Å². The van der Waals surface area contributed by atoms with Crippen molar-refractivity contribution in [3.05, 3.63) is 63.6 Å². The first-order valence-electron chi connectivity index (χ1n) is 8.73. The highest BCUT2D eigenvalue weighted by molar-refractivity contribution is 6.30. The van der Waals surface area contributed by atoms with Crippen molar-refractivity contribution in [1.82, 2.24) is 9.72 Å². The molecule has 2 aromatic heterocycles. The van der Waals surface area contributed by atoms with Gasteiger partial charge in [0, 0.05) is 22.5 Å². The molecular weight excluding hydrogens is 392 g/mol. The van der Waals surface area contributed by atoms with Gasteiger partial charge in [0.05, 0.1) is 12.8 Å². The summed E-state index contributed by atoms with van der Waals surface area (Å²) in [5.41, 5.74) is 3.19. The summed E-state index contributed by atoms with van der Waals surface area (Å²) in [4.78, 5) is 12.4. The third kappa shape index (κ3) is 4.18. The number of hydrogen-bond acceptors (Lipinski definition) is 5. The fourth-order valence-corrected chi connectivity index (χ4v) is 3.22. The molecule has 8 heteroatoms. The average molecular weight is 411 g/mol. The van der Waals surface area contributed by atoms with Crippen molar-refractivity contribution >= 4 is 29.4 Å². The van der Waals surface area contributed by atoms with Crippen molar-refractivity contribution in [2.75, 3.05) is 12.4 Å². The van der Waals surface area contributed by atoms with Gasteiger partial charge in [0.15, 0.2) is 5.82 Å². The van der Waals surface area contributed by atoms with E-state index in [9.17, 15) is 10.1 Å². The number of nitrogens with one attached hydrogen (secondary N) is 1. The number of benzene rings is 1. The summed E-state index contributed by atoms with van der Waals surface area (Å²) < 4.78 is 12.3. The number of aryl methyl sites for hydroxylation is 2. The largest absolute Gasteiger partial charge is 0.495 e. The minimum absolute atomic E-state index is 0.0519. The molecule has 0 atom stereocenters. The SMILES string of the molecule is COc1ccc(Cl)cc1-n1c(C)cc(/C=C(/C#N)C(=O)Nc2cc(C)on2)c1C. The van der Waals surface area contributed by atoms with Crippen LogP contribution in [0.1, 0.15) is 22.7 Å². The monoisotopic (exact) mass is 410 g/mol. The number of hydrogen-bond donors (Lipinski definition) is 1. The lowest BCUT2D eigenvalue weighted by Gasteiger charge is -2.14. The van der Waals surface area contributed by atoms with E-state index in [4.69, 9.17) is 20.9 Å². The Kier molecular flexibility index (Phi) is 5.76. The van der Waals surface area contributed by atoms with E-state index in [1.165, 1.54) is 6.08 Å². The van der Waals surface area contributed by atoms with Crippen LogP contribution in [-0.4, -0.2) is 22.7 Å². The number of nitriles is 1. The average Bonchev–Trinajstić information content (AvgIpc) is 3.21. The number of amides is 1. The molecule has 3 aromatic rings. The second kappa shape index (κ2) is 8.25. The van der Waals surface area contributed by atoms with Gasteiger partial charge in [0.25, 0.3) is 5.91 Å². The van der Waals surface area contributed by atoms with Crippen molar-refractivity contribution in [2.24, 2.45) is 0 Å². The molecule has 148 valence electrons. The van der Waals surface area contributed by atoms with Gasteiger partial charge in [-0.3, -0.25) is 4.79 Å². The van der Waals surface area contributed by atoms with Crippen LogP contribution < -0.4 is 10.1 Å². The number of carbonyl (C=O) groups excluding carboxylic acids is 1. The van der Waals surface area contributed by atoms with Crippen LogP contribution in [0.2, 0.25) is 5.02 Å². The zero-order valence-corrected chi connectivity index (χ0v) is 17.2. The van der Waals surface area contributed by atoms with E-state index in [0.29, 0.717) is 16.5 Å². The molecule has 2 heterocycles. The Morgan fingerprint density at radius 1 is 1.31 bits per heavy atom. The highest BCUT2D eigenvalue weighted by atomic mass is 35.5. The third-order valence-corrected chi connectivity index (χ3v) is 4.62. The van der Waals surface area contributed by atoms with Crippen LogP contribution in [-0.2, 0) is 4.79 Å². The Balaban J connectivity index is 2.00. The van der Waals surface area contributed by atoms with Crippen molar-refractivity contribution in [3.63, 3.8) is 0 Å². The van der Waals surface area contributed by atoms with Crippen LogP contribution in [0.3, 0.4) is 0 Å². The maximum atomic E-state index is 12.4. The van der Waals surface area contributed by atoms with E-state index >= 15 is 0 Å². The molecule has 7 nitrogen and oxygen atoms in total. The van der Waals surface area contributed by atoms with Gasteiger partial charge in [-0.15, -0.1) is 0 Å². The maximum Gasteiger partial charge on any atom is 0.267 e. The van der Waals surface area contributed by atoms with Crippen LogP contribution in [0.4, 0.5) is 5.82 Å². The Morgan fingerprint density at radius 2 is 2.07 bits per heavy atom. The van der Waals surface area contributed by atoms with Crippen molar-refractivity contribution in [1.29, 1.82) is 5.26 Å². The molecule has 0 saturated carbocycles. The number of nitrogens with zero attached hydrogens (tertiary/aromatic N) is 3. The van der Waals surface area contributed by atoms with Crippen LogP contribution in [0, 0.1) is 32.1 Å². The van der Waals surface area contributed by atoms with E-state index in [-0.39, 0.29) is 11.4 Å². The number of rotatable bonds is 5. The molecule has 0 aliphatic carbocycles. The summed E-state index contributed by atoms with van der Waals surface area (Å²) in [6.07, 6.45) is 1.54. The maximum absolute atomic E-state index is 12.4. The van der Waals surface area contributed by atoms with Crippen LogP contribution in [0.5, 0.6) is 5.75 Å². The lowest BCUT2D eigenvalue weighted by atomic mass is 10.1. The minimum Gasteiger partial charge on any atom is -0.495 e. The smallest absolute Gasteiger partial charge is 0.267 e. The van der Waals surface area contributed by atoms with Gasteiger partial charge >= 0.3 is 0 Å². The summed E-state index contributed by atoms with van der Waals surface area (Å²) >= 11 is 6.17. The summed E-state index contributed by atoms with van der Waals surface area (Å²) in [6, 6.07) is 10.8. The normalized spacial score (nSPS) is 11.2. The fraction of sp³-hybridized carbons (Fsp3) is 0.190. The molecular formula is C21H19ClN4O3. The number of halogens is 1. The molecule has 0 spiro atoms. The lowest BCUT2D eigenvalue weighted by Crippen LogP contribution is -2.13. The number of methoxy groups -OCH3 is 1. The second-order valence-corrected chi connectivity index (χ2v) is 6.86. The fourth-order valence-electron chi connectivity index (χ4n) is 3.06. The number of anilines is 1. The highest BCUT2D eigenvalue weighted by Gasteiger charge is 2.17. The molecule has 1 amide bonds. The van der Waals surface area contributed by atoms with Gasteiger partial charge < -0.3 is 19.1 Å². The Morgan fingerprint density at radius 3 is 2.69 bits per heavy atom. The Bertz CT molecular complexity index is 1150. The minimum atomic E-state index is -0.564. The lowest BCUT2D eigenvalue weighted by molar-refractivity contribution is -0.112. The van der Waals surface area contributed by atoms with E-state index in [2.05, 4.69) is 10.5 Å². The molecule has 3 rings (SSSR count). The molecule has 1 N–H and O–H groups in total. The summed E-state index contributed by atoms with van der Waals surface area (Å²) in [7, 11) is 1.59. The van der Waals surface area contributed by atoms with Crippen molar-refractivity contribution < 1.29 is 14.1 Å². The second-order valence-electron chi connectivity index (χ2n) is 6.42. The molecule has 0 unspecified atom stereocenters. The Labute approximate surface area is 173 Å². The highest BCUT2D eigenvalue weighted by Crippen LogP contribution is 2.31. The summed E-state index contributed by atoms with van der Waals surface area (Å²) in [5, 5.41) is 16.3. The predicted octanol–water partition coefficient (Wildman–Crippen LogP) is 4.60. The zero-order valence-electron chi connectivity index (χ0n) is 16.4. The van der Waals surface area contributed by atoms with Gasteiger partial charge in [-0.25, -0.2) is 0 Å². The number of aromatic nitrogens is 2. The Hall–Kier alpha value is -3.50. The van der Waals surface area contributed by atoms with E-state index < -0.39 is 5.91 Å². The van der Waals surface area contributed by atoms with Gasteiger partial charge in [-0.05, 0) is 56.7 Å². The van der Waals surface area contributed by atoms with Crippen LogP contribution >= 0.6 is 11.6 Å². The third-order valence-electron chi connectivity index (χ3n) is 4.39. The predicted molar refractivity (Wildman–Crippen MR) is 110 cm³/mol. The van der Waals surface area contributed by atoms with Crippen molar-refractivity contribution in [3.8, 4) is 17.5 Å². The molecule has 0 fully saturated rings. The van der Waals surface area contributed by atoms with Crippen molar-refractivity contribution in [2.45, 2.75) is 20.8 Å². The zero-order chi connectivity index (χ0) is 21.1. The molecule has 1 aromatic carbocycles. The van der Waals surface area contributed by atoms with Crippen LogP contribution in [0.25, 0.3) is 11.8 Å². The van der Waals surface area contributed by atoms with Gasteiger partial charge in [-0.2, -0.15) is 5.26 Å². The first-order chi connectivity index (χ1) is 13.8. The van der Waals surface area contributed by atoms with Gasteiger partial charge in [0.2, 0.25) is 0 Å². The molecule has 0 saturated heterocycles. The molecule has 0 aliphatic rings. The van der Waals surface area contributed by atoms with E-state index in [1.54, 1.807) is 38.3 Å². The first kappa shape index (κ1) is 20.2. The molecule has 0 aliphatic heterocycles. The molecule has 29 heavy (non-hydrogen) atoms. The summed E-state index contributed by atoms with van der Waals surface area (Å²) in [5.74, 6) is 0.905. The van der Waals surface area contributed by atoms with Gasteiger partial charge in [-0.1, -0.05) is 16.8 Å². The number of ether oxygens (including phenoxy) is 1.